The number of imidazole rings is 1. The molecule has 6 rings (SSSR count). The molecule has 2 fully saturated rings. The number of anilines is 1. The van der Waals surface area contributed by atoms with Crippen molar-refractivity contribution in [2.24, 2.45) is 11.3 Å². The molecule has 6 heterocycles. The number of fused-ring (bicyclic) bond motifs is 3. The molecule has 30 heavy (non-hydrogen) atoms. The molecule has 0 bridgehead atoms. The molecule has 4 aromatic rings. The van der Waals surface area contributed by atoms with E-state index in [0.29, 0.717) is 31.0 Å². The van der Waals surface area contributed by atoms with Crippen LogP contribution in [0.2, 0.25) is 0 Å². The molecule has 1 amide bonds. The van der Waals surface area contributed by atoms with E-state index in [1.807, 2.05) is 23.1 Å². The van der Waals surface area contributed by atoms with Gasteiger partial charge in [0.2, 0.25) is 0 Å². The number of aromatic nitrogens is 4. The van der Waals surface area contributed by atoms with E-state index in [2.05, 4.69) is 20.0 Å². The van der Waals surface area contributed by atoms with E-state index in [9.17, 15) is 9.90 Å². The van der Waals surface area contributed by atoms with Gasteiger partial charge in [-0.15, -0.1) is 0 Å². The summed E-state index contributed by atoms with van der Waals surface area (Å²) in [6.45, 7) is 2.46. The second-order valence-corrected chi connectivity index (χ2v) is 8.19. The van der Waals surface area contributed by atoms with E-state index in [1.54, 1.807) is 35.4 Å². The Balaban J connectivity index is 1.28. The monoisotopic (exact) mass is 404 g/mol. The van der Waals surface area contributed by atoms with Crippen LogP contribution in [-0.2, 0) is 0 Å². The number of rotatable bonds is 3. The summed E-state index contributed by atoms with van der Waals surface area (Å²) in [5.41, 5.74) is 1.51. The van der Waals surface area contributed by atoms with Gasteiger partial charge in [-0.1, -0.05) is 0 Å². The highest BCUT2D eigenvalue weighted by atomic mass is 16.3. The van der Waals surface area contributed by atoms with Crippen molar-refractivity contribution in [3.05, 3.63) is 54.8 Å². The van der Waals surface area contributed by atoms with Gasteiger partial charge in [0.25, 0.3) is 5.91 Å². The number of carbonyl (C=O) groups excluding carboxylic acids is 1. The van der Waals surface area contributed by atoms with Gasteiger partial charge in [-0.2, -0.15) is 5.10 Å². The van der Waals surface area contributed by atoms with Gasteiger partial charge < -0.3 is 19.3 Å². The van der Waals surface area contributed by atoms with Crippen molar-refractivity contribution in [2.75, 3.05) is 37.7 Å². The second kappa shape index (κ2) is 6.27. The van der Waals surface area contributed by atoms with Crippen LogP contribution in [0.4, 0.5) is 5.82 Å². The first-order valence-electron chi connectivity index (χ1n) is 9.95. The summed E-state index contributed by atoms with van der Waals surface area (Å²) < 4.78 is 7.07. The minimum atomic E-state index is -0.378. The number of furan rings is 1. The molecule has 0 aliphatic carbocycles. The summed E-state index contributed by atoms with van der Waals surface area (Å²) in [6.07, 6.45) is 6.62. The van der Waals surface area contributed by atoms with Crippen molar-refractivity contribution in [1.82, 2.24) is 24.5 Å². The molecule has 0 saturated carbocycles. The Morgan fingerprint density at radius 2 is 2.13 bits per heavy atom. The lowest BCUT2D eigenvalue weighted by atomic mass is 9.82. The summed E-state index contributed by atoms with van der Waals surface area (Å²) in [5, 5.41) is 15.6. The first-order valence-corrected chi connectivity index (χ1v) is 9.95. The van der Waals surface area contributed by atoms with Gasteiger partial charge >= 0.3 is 0 Å². The molecule has 1 N–H and O–H groups in total. The lowest BCUT2D eigenvalue weighted by Gasteiger charge is -2.27. The largest absolute Gasteiger partial charge is 0.464 e. The molecule has 9 heteroatoms. The number of likely N-dealkylation sites (tertiary alicyclic amines) is 1. The SMILES string of the molecule is O=C(c1cnc2cccnn12)N1C[C@@H]2CN(c3nccc4occc34)C[C@]2(CO)C1. The number of hydrogen-bond acceptors (Lipinski definition) is 7. The number of hydrogen-bond donors (Lipinski definition) is 1. The highest BCUT2D eigenvalue weighted by Gasteiger charge is 2.54. The molecule has 4 aromatic heterocycles. The van der Waals surface area contributed by atoms with E-state index in [4.69, 9.17) is 4.42 Å². The normalized spacial score (nSPS) is 23.6. The van der Waals surface area contributed by atoms with E-state index in [-0.39, 0.29) is 23.8 Å². The average Bonchev–Trinajstić information content (AvgIpc) is 3.53. The number of amides is 1. The van der Waals surface area contributed by atoms with Gasteiger partial charge in [0, 0.05) is 49.9 Å². The lowest BCUT2D eigenvalue weighted by molar-refractivity contribution is 0.0740. The number of aliphatic hydroxyl groups excluding tert-OH is 1. The van der Waals surface area contributed by atoms with Crippen LogP contribution in [0.3, 0.4) is 0 Å². The van der Waals surface area contributed by atoms with Gasteiger partial charge in [0.15, 0.2) is 11.3 Å². The van der Waals surface area contributed by atoms with E-state index >= 15 is 0 Å². The zero-order valence-electron chi connectivity index (χ0n) is 16.2. The first kappa shape index (κ1) is 17.4. The molecule has 0 unspecified atom stereocenters. The summed E-state index contributed by atoms with van der Waals surface area (Å²) in [6, 6.07) is 7.38. The highest BCUT2D eigenvalue weighted by molar-refractivity contribution is 5.93. The van der Waals surface area contributed by atoms with Crippen LogP contribution >= 0.6 is 0 Å². The third kappa shape index (κ3) is 2.38. The van der Waals surface area contributed by atoms with Crippen LogP contribution in [0.15, 0.2) is 53.5 Å². The molecular formula is C21H20N6O3. The number of aliphatic hydroxyl groups is 1. The van der Waals surface area contributed by atoms with Crippen LogP contribution < -0.4 is 4.90 Å². The van der Waals surface area contributed by atoms with Gasteiger partial charge in [-0.3, -0.25) is 4.79 Å². The molecule has 9 nitrogen and oxygen atoms in total. The predicted octanol–water partition coefficient (Wildman–Crippen LogP) is 1.44. The molecule has 2 saturated heterocycles. The molecule has 152 valence electrons. The van der Waals surface area contributed by atoms with Crippen LogP contribution in [0.1, 0.15) is 10.5 Å². The highest BCUT2D eigenvalue weighted by Crippen LogP contribution is 2.44. The minimum absolute atomic E-state index is 0.0186. The Morgan fingerprint density at radius 3 is 3.00 bits per heavy atom. The first-order chi connectivity index (χ1) is 14.7. The summed E-state index contributed by atoms with van der Waals surface area (Å²) in [4.78, 5) is 26.1. The van der Waals surface area contributed by atoms with E-state index in [1.165, 1.54) is 0 Å². The van der Waals surface area contributed by atoms with Gasteiger partial charge in [-0.05, 0) is 24.3 Å². The van der Waals surface area contributed by atoms with Crippen molar-refractivity contribution < 1.29 is 14.3 Å². The molecule has 0 spiro atoms. The summed E-state index contributed by atoms with van der Waals surface area (Å²) >= 11 is 0. The van der Waals surface area contributed by atoms with E-state index < -0.39 is 0 Å². The molecule has 2 aliphatic rings. The van der Waals surface area contributed by atoms with Gasteiger partial charge in [-0.25, -0.2) is 14.5 Å². The van der Waals surface area contributed by atoms with Crippen LogP contribution in [0.5, 0.6) is 0 Å². The van der Waals surface area contributed by atoms with Crippen molar-refractivity contribution in [3.63, 3.8) is 0 Å². The minimum Gasteiger partial charge on any atom is -0.464 e. The Bertz CT molecular complexity index is 1270. The Labute approximate surface area is 171 Å². The maximum Gasteiger partial charge on any atom is 0.274 e. The third-order valence-corrected chi connectivity index (χ3v) is 6.52. The molecular weight excluding hydrogens is 384 g/mol. The van der Waals surface area contributed by atoms with Crippen molar-refractivity contribution in [2.45, 2.75) is 0 Å². The molecule has 0 radical (unpaired) electrons. The van der Waals surface area contributed by atoms with Gasteiger partial charge in [0.1, 0.15) is 11.4 Å². The topological polar surface area (TPSA) is 100 Å². The zero-order valence-corrected chi connectivity index (χ0v) is 16.2. The number of carbonyl (C=O) groups is 1. The smallest absolute Gasteiger partial charge is 0.274 e. The van der Waals surface area contributed by atoms with Gasteiger partial charge in [0.05, 0.1) is 24.5 Å². The Hall–Kier alpha value is -3.46. The van der Waals surface area contributed by atoms with Crippen molar-refractivity contribution in [3.8, 4) is 0 Å². The summed E-state index contributed by atoms with van der Waals surface area (Å²) in [5.74, 6) is 0.917. The van der Waals surface area contributed by atoms with Crippen LogP contribution in [-0.4, -0.2) is 68.3 Å². The average molecular weight is 404 g/mol. The fourth-order valence-electron chi connectivity index (χ4n) is 4.99. The Kier molecular flexibility index (Phi) is 3.64. The fraction of sp³-hybridized carbons (Fsp3) is 0.333. The zero-order chi connectivity index (χ0) is 20.3. The standard InChI is InChI=1S/C21H20N6O3/c28-13-21-11-25(19-15-4-7-30-17(15)3-6-22-19)9-14(21)10-26(12-21)20(29)16-8-23-18-2-1-5-24-27(16)18/h1-8,14,28H,9-13H2/t14-,21+/m0/s1. The van der Waals surface area contributed by atoms with E-state index in [0.717, 1.165) is 23.3 Å². The number of pyridine rings is 1. The van der Waals surface area contributed by atoms with Crippen LogP contribution in [0, 0.1) is 11.3 Å². The Morgan fingerprint density at radius 1 is 1.20 bits per heavy atom. The van der Waals surface area contributed by atoms with Crippen LogP contribution in [0.25, 0.3) is 16.6 Å². The molecule has 2 atom stereocenters. The lowest BCUT2D eigenvalue weighted by Crippen LogP contribution is -2.39. The maximum atomic E-state index is 13.2. The number of nitrogens with zero attached hydrogens (tertiary/aromatic N) is 6. The fourth-order valence-corrected chi connectivity index (χ4v) is 4.99. The summed E-state index contributed by atoms with van der Waals surface area (Å²) in [7, 11) is 0. The quantitative estimate of drug-likeness (QED) is 0.551. The predicted molar refractivity (Wildman–Crippen MR) is 108 cm³/mol. The van der Waals surface area contributed by atoms with Crippen molar-refractivity contribution in [1.29, 1.82) is 0 Å². The second-order valence-electron chi connectivity index (χ2n) is 8.19. The maximum absolute atomic E-state index is 13.2. The molecule has 2 aliphatic heterocycles. The van der Waals surface area contributed by atoms with Crippen molar-refractivity contribution >= 4 is 28.3 Å². The third-order valence-electron chi connectivity index (χ3n) is 6.52. The molecule has 0 aromatic carbocycles.